The Morgan fingerprint density at radius 3 is 2.74 bits per heavy atom. The minimum Gasteiger partial charge on any atom is -0.312 e. The molecule has 1 atom stereocenters. The molecule has 2 aromatic heterocycles. The molecule has 2 aliphatic rings. The van der Waals surface area contributed by atoms with Crippen molar-refractivity contribution in [3.8, 4) is 11.4 Å². The van der Waals surface area contributed by atoms with Gasteiger partial charge in [-0.2, -0.15) is 4.98 Å². The monoisotopic (exact) mass is 370 g/mol. The number of benzene rings is 2. The third-order valence-corrected chi connectivity index (χ3v) is 7.30. The first-order valence-corrected chi connectivity index (χ1v) is 10.3. The molecule has 0 radical (unpaired) electrons. The number of hydrogen-bond acceptors (Lipinski definition) is 3. The number of fused-ring (bicyclic) bond motifs is 7. The van der Waals surface area contributed by atoms with Gasteiger partial charge in [-0.3, -0.25) is 4.79 Å². The number of thiophene rings is 1. The Kier molecular flexibility index (Phi) is 3.20. The lowest BCUT2D eigenvalue weighted by atomic mass is 9.83. The van der Waals surface area contributed by atoms with Crippen LogP contribution < -0.4 is 5.56 Å². The highest BCUT2D eigenvalue weighted by atomic mass is 32.1. The maximum atomic E-state index is 12.9. The van der Waals surface area contributed by atoms with E-state index in [4.69, 9.17) is 0 Å². The second kappa shape index (κ2) is 5.64. The molecule has 3 nitrogen and oxygen atoms in total. The molecular weight excluding hydrogens is 352 g/mol. The smallest absolute Gasteiger partial charge is 0.282 e. The normalized spacial score (nSPS) is 17.6. The summed E-state index contributed by atoms with van der Waals surface area (Å²) in [5, 5.41) is 0.873. The summed E-state index contributed by atoms with van der Waals surface area (Å²) < 4.78 is 2.25. The fraction of sp³-hybridized carbons (Fsp3) is 0.217. The van der Waals surface area contributed by atoms with E-state index in [1.54, 1.807) is 0 Å². The van der Waals surface area contributed by atoms with Gasteiger partial charge in [-0.1, -0.05) is 54.6 Å². The highest BCUT2D eigenvalue weighted by Gasteiger charge is 2.29. The zero-order chi connectivity index (χ0) is 18.0. The number of nitrogens with zero attached hydrogens (tertiary/aromatic N) is 2. The molecule has 2 aromatic carbocycles. The van der Waals surface area contributed by atoms with E-state index in [9.17, 15) is 4.79 Å². The molecule has 132 valence electrons. The maximum Gasteiger partial charge on any atom is 0.282 e. The summed E-state index contributed by atoms with van der Waals surface area (Å²) in [5.41, 5.74) is 4.97. The molecule has 0 saturated heterocycles. The van der Waals surface area contributed by atoms with Gasteiger partial charge in [-0.15, -0.1) is 11.3 Å². The Balaban J connectivity index is 1.52. The van der Waals surface area contributed by atoms with Gasteiger partial charge in [0.2, 0.25) is 0 Å². The van der Waals surface area contributed by atoms with Crippen molar-refractivity contribution in [2.24, 2.45) is 0 Å². The number of rotatable bonds is 1. The van der Waals surface area contributed by atoms with E-state index in [0.717, 1.165) is 47.4 Å². The van der Waals surface area contributed by atoms with Crippen molar-refractivity contribution in [3.63, 3.8) is 0 Å². The molecule has 0 fully saturated rings. The van der Waals surface area contributed by atoms with Gasteiger partial charge in [-0.05, 0) is 41.9 Å². The second-order valence-corrected chi connectivity index (χ2v) is 8.60. The molecule has 1 aliphatic heterocycles. The summed E-state index contributed by atoms with van der Waals surface area (Å²) in [6.07, 6.45) is 3.10. The Labute approximate surface area is 160 Å². The van der Waals surface area contributed by atoms with Crippen LogP contribution in [0, 0.1) is 0 Å². The minimum atomic E-state index is -0.0522. The largest absolute Gasteiger partial charge is 0.312 e. The van der Waals surface area contributed by atoms with Crippen LogP contribution in [0.15, 0.2) is 59.4 Å². The first-order valence-electron chi connectivity index (χ1n) is 9.48. The van der Waals surface area contributed by atoms with Crippen LogP contribution in [0.5, 0.6) is 0 Å². The molecule has 3 heterocycles. The molecule has 0 spiro atoms. The van der Waals surface area contributed by atoms with Gasteiger partial charge in [0.15, 0.2) is 0 Å². The Morgan fingerprint density at radius 2 is 1.85 bits per heavy atom. The van der Waals surface area contributed by atoms with E-state index in [1.165, 1.54) is 21.6 Å². The van der Waals surface area contributed by atoms with Crippen molar-refractivity contribution in [3.05, 3.63) is 86.5 Å². The molecule has 0 amide bonds. The zero-order valence-electron chi connectivity index (χ0n) is 14.8. The fourth-order valence-electron chi connectivity index (χ4n) is 4.70. The van der Waals surface area contributed by atoms with Gasteiger partial charge in [0.05, 0.1) is 11.9 Å². The molecule has 0 saturated carbocycles. The van der Waals surface area contributed by atoms with E-state index < -0.39 is 0 Å². The fourth-order valence-corrected chi connectivity index (χ4v) is 6.12. The summed E-state index contributed by atoms with van der Waals surface area (Å²) in [6.45, 7) is 0.816. The second-order valence-electron chi connectivity index (χ2n) is 7.52. The molecule has 0 unspecified atom stereocenters. The number of hydrogen-bond donors (Lipinski definition) is 0. The van der Waals surface area contributed by atoms with E-state index >= 15 is 0 Å². The van der Waals surface area contributed by atoms with Crippen LogP contribution in [0.25, 0.3) is 21.6 Å². The van der Waals surface area contributed by atoms with Gasteiger partial charge >= 0.3 is 0 Å². The summed E-state index contributed by atoms with van der Waals surface area (Å²) in [7, 11) is 0. The van der Waals surface area contributed by atoms with Gasteiger partial charge < -0.3 is 4.57 Å². The van der Waals surface area contributed by atoms with Gasteiger partial charge in [0.25, 0.3) is 5.56 Å². The Morgan fingerprint density at radius 1 is 1.04 bits per heavy atom. The van der Waals surface area contributed by atoms with E-state index in [1.807, 2.05) is 17.4 Å². The van der Waals surface area contributed by atoms with Crippen LogP contribution in [-0.2, 0) is 19.4 Å². The highest BCUT2D eigenvalue weighted by molar-refractivity contribution is 7.19. The van der Waals surface area contributed by atoms with Crippen molar-refractivity contribution in [1.82, 2.24) is 9.55 Å². The third-order valence-electron chi connectivity index (χ3n) is 6.03. The van der Waals surface area contributed by atoms with Crippen molar-refractivity contribution < 1.29 is 0 Å². The van der Waals surface area contributed by atoms with Crippen LogP contribution in [-0.4, -0.2) is 9.55 Å². The standard InChI is InChI=1S/C23H18N2OS/c26-22-20-18-11-10-15(14-6-2-1-3-7-14)12-19(18)27-23(20)25-13-16-8-4-5-9-17(16)21(25)24-22/h1-9,15H,10-13H2/t15-/m1/s1. The summed E-state index contributed by atoms with van der Waals surface area (Å²) in [6, 6.07) is 19.1. The van der Waals surface area contributed by atoms with Crippen LogP contribution in [0.4, 0.5) is 0 Å². The molecule has 0 N–H and O–H groups in total. The lowest BCUT2D eigenvalue weighted by Crippen LogP contribution is -2.15. The van der Waals surface area contributed by atoms with E-state index in [2.05, 4.69) is 58.1 Å². The predicted molar refractivity (Wildman–Crippen MR) is 110 cm³/mol. The maximum absolute atomic E-state index is 12.9. The lowest BCUT2D eigenvalue weighted by molar-refractivity contribution is 0.595. The SMILES string of the molecule is O=c1nc2n(c3sc4c(c13)CC[C@@H](c1ccccc1)C4)Cc1ccccc1-2. The van der Waals surface area contributed by atoms with E-state index in [-0.39, 0.29) is 5.56 Å². The molecule has 6 rings (SSSR count). The molecular formula is C23H18N2OS. The van der Waals surface area contributed by atoms with Gasteiger partial charge in [0, 0.05) is 10.4 Å². The summed E-state index contributed by atoms with van der Waals surface area (Å²) in [4.78, 5) is 19.9. The van der Waals surface area contributed by atoms with Crippen molar-refractivity contribution in [1.29, 1.82) is 0 Å². The molecule has 4 aromatic rings. The summed E-state index contributed by atoms with van der Waals surface area (Å²) >= 11 is 1.81. The predicted octanol–water partition coefficient (Wildman–Crippen LogP) is 4.76. The van der Waals surface area contributed by atoms with Crippen LogP contribution in [0.2, 0.25) is 0 Å². The summed E-state index contributed by atoms with van der Waals surface area (Å²) in [5.74, 6) is 1.38. The zero-order valence-corrected chi connectivity index (χ0v) is 15.6. The topological polar surface area (TPSA) is 34.9 Å². The number of aromatic nitrogens is 2. The molecule has 0 bridgehead atoms. The third kappa shape index (κ3) is 2.20. The quantitative estimate of drug-likeness (QED) is 0.426. The molecule has 4 heteroatoms. The van der Waals surface area contributed by atoms with Crippen LogP contribution >= 0.6 is 11.3 Å². The average Bonchev–Trinajstić information content (AvgIpc) is 3.27. The molecule has 1 aliphatic carbocycles. The van der Waals surface area contributed by atoms with Crippen molar-refractivity contribution in [2.45, 2.75) is 31.7 Å². The van der Waals surface area contributed by atoms with Crippen molar-refractivity contribution in [2.75, 3.05) is 0 Å². The average molecular weight is 370 g/mol. The Bertz CT molecular complexity index is 1250. The van der Waals surface area contributed by atoms with Gasteiger partial charge in [0.1, 0.15) is 10.7 Å². The Hall–Kier alpha value is -2.72. The molecule has 27 heavy (non-hydrogen) atoms. The first kappa shape index (κ1) is 15.3. The lowest BCUT2D eigenvalue weighted by Gasteiger charge is -2.22. The van der Waals surface area contributed by atoms with Crippen LogP contribution in [0.3, 0.4) is 0 Å². The van der Waals surface area contributed by atoms with Gasteiger partial charge in [-0.25, -0.2) is 0 Å². The first-order chi connectivity index (χ1) is 13.3. The number of aryl methyl sites for hydroxylation is 1. The minimum absolute atomic E-state index is 0.0522. The van der Waals surface area contributed by atoms with Crippen molar-refractivity contribution >= 4 is 21.6 Å². The highest BCUT2D eigenvalue weighted by Crippen LogP contribution is 2.42. The van der Waals surface area contributed by atoms with E-state index in [0.29, 0.717) is 5.92 Å². The van der Waals surface area contributed by atoms with Crippen LogP contribution in [0.1, 0.15) is 33.9 Å².